The van der Waals surface area contributed by atoms with E-state index in [0.29, 0.717) is 16.9 Å². The van der Waals surface area contributed by atoms with Crippen molar-refractivity contribution in [1.29, 1.82) is 5.26 Å². The molecular weight excluding hydrogens is 448 g/mol. The summed E-state index contributed by atoms with van der Waals surface area (Å²) in [4.78, 5) is 13.0. The van der Waals surface area contributed by atoms with Gasteiger partial charge >= 0.3 is 0 Å². The molecule has 1 amide bonds. The zero-order valence-electron chi connectivity index (χ0n) is 19.6. The topological polar surface area (TPSA) is 79.9 Å². The molecule has 0 aliphatic carbocycles. The van der Waals surface area contributed by atoms with Crippen LogP contribution in [0.4, 0.5) is 5.69 Å². The molecule has 1 aromatic heterocycles. The highest BCUT2D eigenvalue weighted by Crippen LogP contribution is 2.28. The molecule has 0 saturated heterocycles. The van der Waals surface area contributed by atoms with Gasteiger partial charge in [-0.15, -0.1) is 0 Å². The number of hydrogen-bond donors (Lipinski definition) is 1. The van der Waals surface area contributed by atoms with Crippen molar-refractivity contribution in [3.8, 4) is 28.8 Å². The number of nitriles is 1. The minimum atomic E-state index is -0.485. The first kappa shape index (κ1) is 22.6. The van der Waals surface area contributed by atoms with Gasteiger partial charge in [0.2, 0.25) is 0 Å². The molecule has 1 heterocycles. The number of carbonyl (C=O) groups excluding carboxylic acids is 1. The van der Waals surface area contributed by atoms with Crippen molar-refractivity contribution in [2.45, 2.75) is 0 Å². The average molecular weight is 471 g/mol. The normalized spacial score (nSPS) is 11.2. The predicted octanol–water partition coefficient (Wildman–Crippen LogP) is 6.25. The van der Waals surface area contributed by atoms with Gasteiger partial charge in [0.05, 0.1) is 18.5 Å². The molecule has 0 radical (unpaired) electrons. The standard InChI is InChI=1S/C30H22N4O2/c1-36-28-15-12-22(13-16-28)29-25(20-34(33-29)27-9-3-2-4-10-27)17-24(19-31)30(35)32-26-14-11-21-7-5-6-8-23(21)18-26/h2-18,20H,1H3,(H,32,35). The van der Waals surface area contributed by atoms with Crippen LogP contribution in [0.25, 0.3) is 33.8 Å². The number of ether oxygens (including phenoxy) is 1. The number of methoxy groups -OCH3 is 1. The Labute approximate surface area is 208 Å². The second-order valence-corrected chi connectivity index (χ2v) is 8.13. The van der Waals surface area contributed by atoms with Crippen LogP contribution in [0, 0.1) is 11.3 Å². The first-order chi connectivity index (χ1) is 17.6. The van der Waals surface area contributed by atoms with Gasteiger partial charge in [-0.25, -0.2) is 4.68 Å². The lowest BCUT2D eigenvalue weighted by Gasteiger charge is -2.06. The fraction of sp³-hybridized carbons (Fsp3) is 0.0333. The molecular formula is C30H22N4O2. The summed E-state index contributed by atoms with van der Waals surface area (Å²) in [5.74, 6) is 0.242. The van der Waals surface area contributed by atoms with E-state index in [1.54, 1.807) is 17.9 Å². The number of fused-ring (bicyclic) bond motifs is 1. The van der Waals surface area contributed by atoms with Crippen molar-refractivity contribution >= 4 is 28.4 Å². The maximum absolute atomic E-state index is 13.0. The monoisotopic (exact) mass is 470 g/mol. The molecule has 0 saturated carbocycles. The number of benzene rings is 4. The second-order valence-electron chi connectivity index (χ2n) is 8.13. The second kappa shape index (κ2) is 10.00. The highest BCUT2D eigenvalue weighted by atomic mass is 16.5. The van der Waals surface area contributed by atoms with Crippen molar-refractivity contribution in [3.05, 3.63) is 114 Å². The fourth-order valence-corrected chi connectivity index (χ4v) is 3.95. The third-order valence-electron chi connectivity index (χ3n) is 5.80. The van der Waals surface area contributed by atoms with Crippen LogP contribution in [-0.4, -0.2) is 22.8 Å². The molecule has 1 N–H and O–H groups in total. The summed E-state index contributed by atoms with van der Waals surface area (Å²) in [7, 11) is 1.61. The van der Waals surface area contributed by atoms with Gasteiger partial charge in [-0.05, 0) is 65.4 Å². The van der Waals surface area contributed by atoms with E-state index in [2.05, 4.69) is 5.32 Å². The molecule has 6 nitrogen and oxygen atoms in total. The van der Waals surface area contributed by atoms with E-state index >= 15 is 0 Å². The van der Waals surface area contributed by atoms with Crippen LogP contribution >= 0.6 is 0 Å². The highest BCUT2D eigenvalue weighted by molar-refractivity contribution is 6.10. The Morgan fingerprint density at radius 1 is 0.944 bits per heavy atom. The van der Waals surface area contributed by atoms with E-state index in [1.165, 1.54) is 0 Å². The summed E-state index contributed by atoms with van der Waals surface area (Å²) in [5, 5.41) is 19.5. The van der Waals surface area contributed by atoms with Crippen LogP contribution in [0.1, 0.15) is 5.56 Å². The Hall–Kier alpha value is -5.15. The van der Waals surface area contributed by atoms with E-state index in [0.717, 1.165) is 27.8 Å². The van der Waals surface area contributed by atoms with Crippen molar-refractivity contribution in [3.63, 3.8) is 0 Å². The number of amides is 1. The number of aromatic nitrogens is 2. The molecule has 0 aliphatic heterocycles. The van der Waals surface area contributed by atoms with E-state index in [4.69, 9.17) is 9.84 Å². The van der Waals surface area contributed by atoms with Crippen LogP contribution in [0.2, 0.25) is 0 Å². The van der Waals surface area contributed by atoms with Gasteiger partial charge in [0.15, 0.2) is 0 Å². The molecule has 0 bridgehead atoms. The number of nitrogens with one attached hydrogen (secondary N) is 1. The fourth-order valence-electron chi connectivity index (χ4n) is 3.95. The van der Waals surface area contributed by atoms with Gasteiger partial charge in [-0.2, -0.15) is 10.4 Å². The Kier molecular flexibility index (Phi) is 6.29. The SMILES string of the molecule is COc1ccc(-c2nn(-c3ccccc3)cc2C=C(C#N)C(=O)Nc2ccc3ccccc3c2)cc1. The van der Waals surface area contributed by atoms with Crippen LogP contribution in [0.15, 0.2) is 109 Å². The summed E-state index contributed by atoms with van der Waals surface area (Å²) in [6, 6.07) is 32.8. The van der Waals surface area contributed by atoms with Crippen LogP contribution in [0.5, 0.6) is 5.75 Å². The Bertz CT molecular complexity index is 1610. The quantitative estimate of drug-likeness (QED) is 0.235. The van der Waals surface area contributed by atoms with E-state index in [-0.39, 0.29) is 5.57 Å². The van der Waals surface area contributed by atoms with Gasteiger partial charge in [-0.3, -0.25) is 4.79 Å². The minimum Gasteiger partial charge on any atom is -0.497 e. The summed E-state index contributed by atoms with van der Waals surface area (Å²) in [5.41, 5.74) is 3.60. The molecule has 36 heavy (non-hydrogen) atoms. The van der Waals surface area contributed by atoms with E-state index in [1.807, 2.05) is 109 Å². The molecule has 4 aromatic carbocycles. The third kappa shape index (κ3) is 4.72. The van der Waals surface area contributed by atoms with Crippen molar-refractivity contribution in [2.24, 2.45) is 0 Å². The predicted molar refractivity (Wildman–Crippen MR) is 142 cm³/mol. The first-order valence-electron chi connectivity index (χ1n) is 11.4. The zero-order valence-corrected chi connectivity index (χ0v) is 19.6. The lowest BCUT2D eigenvalue weighted by Crippen LogP contribution is -2.13. The smallest absolute Gasteiger partial charge is 0.266 e. The summed E-state index contributed by atoms with van der Waals surface area (Å²) in [6.07, 6.45) is 3.39. The lowest BCUT2D eigenvalue weighted by molar-refractivity contribution is -0.112. The molecule has 0 fully saturated rings. The maximum atomic E-state index is 13.0. The third-order valence-corrected chi connectivity index (χ3v) is 5.80. The maximum Gasteiger partial charge on any atom is 0.266 e. The number of nitrogens with zero attached hydrogens (tertiary/aromatic N) is 3. The Morgan fingerprint density at radius 3 is 2.39 bits per heavy atom. The van der Waals surface area contributed by atoms with Crippen LogP contribution < -0.4 is 10.1 Å². The molecule has 0 atom stereocenters. The highest BCUT2D eigenvalue weighted by Gasteiger charge is 2.16. The summed E-state index contributed by atoms with van der Waals surface area (Å²) in [6.45, 7) is 0. The minimum absolute atomic E-state index is 0.0227. The summed E-state index contributed by atoms with van der Waals surface area (Å²) >= 11 is 0. The molecule has 6 heteroatoms. The van der Waals surface area contributed by atoms with Crippen LogP contribution in [-0.2, 0) is 4.79 Å². The van der Waals surface area contributed by atoms with Gasteiger partial charge in [-0.1, -0.05) is 48.5 Å². The van der Waals surface area contributed by atoms with Crippen molar-refractivity contribution in [2.75, 3.05) is 12.4 Å². The number of carbonyl (C=O) groups is 1. The van der Waals surface area contributed by atoms with Gasteiger partial charge in [0.25, 0.3) is 5.91 Å². The number of anilines is 1. The first-order valence-corrected chi connectivity index (χ1v) is 11.4. The van der Waals surface area contributed by atoms with Gasteiger partial charge in [0, 0.05) is 23.0 Å². The Balaban J connectivity index is 1.51. The molecule has 5 rings (SSSR count). The largest absolute Gasteiger partial charge is 0.497 e. The molecule has 0 aliphatic rings. The van der Waals surface area contributed by atoms with Crippen LogP contribution in [0.3, 0.4) is 0 Å². The zero-order chi connectivity index (χ0) is 24.9. The number of rotatable bonds is 6. The average Bonchev–Trinajstić information content (AvgIpc) is 3.36. The van der Waals surface area contributed by atoms with Gasteiger partial charge < -0.3 is 10.1 Å². The van der Waals surface area contributed by atoms with E-state index < -0.39 is 5.91 Å². The number of para-hydroxylation sites is 1. The lowest BCUT2D eigenvalue weighted by atomic mass is 10.1. The molecule has 5 aromatic rings. The molecule has 0 spiro atoms. The van der Waals surface area contributed by atoms with Gasteiger partial charge in [0.1, 0.15) is 17.4 Å². The van der Waals surface area contributed by atoms with Crippen molar-refractivity contribution in [1.82, 2.24) is 9.78 Å². The summed E-state index contributed by atoms with van der Waals surface area (Å²) < 4.78 is 7.01. The van der Waals surface area contributed by atoms with E-state index in [9.17, 15) is 10.1 Å². The Morgan fingerprint density at radius 2 is 1.67 bits per heavy atom. The molecule has 0 unspecified atom stereocenters. The number of hydrogen-bond acceptors (Lipinski definition) is 4. The molecule has 174 valence electrons. The van der Waals surface area contributed by atoms with Crippen molar-refractivity contribution < 1.29 is 9.53 Å².